The Hall–Kier alpha value is -2.13. The highest BCUT2D eigenvalue weighted by Crippen LogP contribution is 2.24. The zero-order chi connectivity index (χ0) is 15.4. The molecule has 4 heteroatoms. The van der Waals surface area contributed by atoms with E-state index in [1.165, 1.54) is 0 Å². The number of aryl methyl sites for hydroxylation is 2. The highest BCUT2D eigenvalue weighted by molar-refractivity contribution is 6.48. The number of hydrogen-bond acceptors (Lipinski definition) is 3. The van der Waals surface area contributed by atoms with Gasteiger partial charge in [-0.2, -0.15) is 0 Å². The fourth-order valence-electron chi connectivity index (χ4n) is 2.10. The van der Waals surface area contributed by atoms with Gasteiger partial charge in [0, 0.05) is 10.6 Å². The second-order valence-corrected chi connectivity index (χ2v) is 5.33. The molecule has 2 aromatic carbocycles. The lowest BCUT2D eigenvalue weighted by molar-refractivity contribution is 0.320. The van der Waals surface area contributed by atoms with Crippen molar-refractivity contribution in [3.05, 3.63) is 64.2 Å². The van der Waals surface area contributed by atoms with E-state index < -0.39 is 0 Å². The molecule has 0 unspecified atom stereocenters. The van der Waals surface area contributed by atoms with Crippen LogP contribution in [0.2, 0.25) is 5.02 Å². The van der Waals surface area contributed by atoms with Gasteiger partial charge in [0.15, 0.2) is 0 Å². The van der Waals surface area contributed by atoms with Gasteiger partial charge in [0.25, 0.3) is 0 Å². The summed E-state index contributed by atoms with van der Waals surface area (Å²) in [6, 6.07) is 13.3. The summed E-state index contributed by atoms with van der Waals surface area (Å²) in [6.07, 6.45) is 0. The predicted octanol–water partition coefficient (Wildman–Crippen LogP) is 4.93. The van der Waals surface area contributed by atoms with Crippen LogP contribution in [0.5, 0.6) is 0 Å². The van der Waals surface area contributed by atoms with Crippen LogP contribution >= 0.6 is 11.6 Å². The number of oxime groups is 1. The van der Waals surface area contributed by atoms with E-state index >= 15 is 0 Å². The minimum Gasteiger partial charge on any atom is -0.410 e. The van der Waals surface area contributed by atoms with Gasteiger partial charge in [-0.25, -0.2) is 0 Å². The van der Waals surface area contributed by atoms with Gasteiger partial charge in [0.05, 0.1) is 11.4 Å². The molecule has 0 aromatic heterocycles. The van der Waals surface area contributed by atoms with Crippen molar-refractivity contribution < 1.29 is 5.21 Å². The average Bonchev–Trinajstić information content (AvgIpc) is 2.46. The van der Waals surface area contributed by atoms with Gasteiger partial charge in [0.2, 0.25) is 0 Å². The standard InChI is InChI=1S/C17H17ClN2O/c1-11-6-4-5-7-15(11)17(20-21)13(3)19-16-10-14(18)9-8-12(16)2/h4-10,21H,1-3H3/b19-13?,20-17+. The highest BCUT2D eigenvalue weighted by atomic mass is 35.5. The number of rotatable bonds is 3. The van der Waals surface area contributed by atoms with E-state index in [-0.39, 0.29) is 0 Å². The lowest BCUT2D eigenvalue weighted by atomic mass is 10.0. The molecule has 0 spiro atoms. The number of halogens is 1. The van der Waals surface area contributed by atoms with E-state index in [1.54, 1.807) is 6.07 Å². The molecule has 0 saturated heterocycles. The fraction of sp³-hybridized carbons (Fsp3) is 0.176. The third-order valence-corrected chi connectivity index (χ3v) is 3.54. The summed E-state index contributed by atoms with van der Waals surface area (Å²) < 4.78 is 0. The first-order valence-corrected chi connectivity index (χ1v) is 7.00. The zero-order valence-corrected chi connectivity index (χ0v) is 13.0. The molecule has 0 heterocycles. The van der Waals surface area contributed by atoms with E-state index in [1.807, 2.05) is 57.2 Å². The van der Waals surface area contributed by atoms with Gasteiger partial charge in [-0.15, -0.1) is 0 Å². The maximum atomic E-state index is 9.36. The molecule has 0 atom stereocenters. The summed E-state index contributed by atoms with van der Waals surface area (Å²) in [6.45, 7) is 5.76. The smallest absolute Gasteiger partial charge is 0.131 e. The Morgan fingerprint density at radius 2 is 1.76 bits per heavy atom. The first-order valence-electron chi connectivity index (χ1n) is 6.63. The van der Waals surface area contributed by atoms with E-state index in [0.717, 1.165) is 22.4 Å². The minimum atomic E-state index is 0.465. The van der Waals surface area contributed by atoms with Gasteiger partial charge in [-0.3, -0.25) is 4.99 Å². The summed E-state index contributed by atoms with van der Waals surface area (Å²) in [7, 11) is 0. The maximum Gasteiger partial charge on any atom is 0.131 e. The van der Waals surface area contributed by atoms with Crippen molar-refractivity contribution in [2.24, 2.45) is 10.1 Å². The first-order chi connectivity index (χ1) is 10.0. The minimum absolute atomic E-state index is 0.465. The lowest BCUT2D eigenvalue weighted by Crippen LogP contribution is -2.13. The molecule has 0 amide bonds. The van der Waals surface area contributed by atoms with Gasteiger partial charge in [-0.1, -0.05) is 47.1 Å². The quantitative estimate of drug-likeness (QED) is 0.487. The first kappa shape index (κ1) is 15.3. The number of benzene rings is 2. The largest absolute Gasteiger partial charge is 0.410 e. The van der Waals surface area contributed by atoms with Crippen molar-refractivity contribution in [1.82, 2.24) is 0 Å². The Labute approximate surface area is 129 Å². The Balaban J connectivity index is 2.46. The molecule has 21 heavy (non-hydrogen) atoms. The van der Waals surface area contributed by atoms with Crippen molar-refractivity contribution in [2.45, 2.75) is 20.8 Å². The molecule has 0 aliphatic rings. The van der Waals surface area contributed by atoms with Gasteiger partial charge in [0.1, 0.15) is 5.71 Å². The van der Waals surface area contributed by atoms with Crippen LogP contribution < -0.4 is 0 Å². The normalized spacial score (nSPS) is 12.6. The van der Waals surface area contributed by atoms with Crippen LogP contribution in [-0.4, -0.2) is 16.6 Å². The van der Waals surface area contributed by atoms with Crippen LogP contribution in [0.25, 0.3) is 0 Å². The molecule has 1 N–H and O–H groups in total. The molecular weight excluding hydrogens is 284 g/mol. The van der Waals surface area contributed by atoms with Crippen LogP contribution in [0.15, 0.2) is 52.6 Å². The van der Waals surface area contributed by atoms with E-state index in [9.17, 15) is 5.21 Å². The molecule has 0 saturated carbocycles. The fourth-order valence-corrected chi connectivity index (χ4v) is 2.26. The Bertz CT molecular complexity index is 720. The Morgan fingerprint density at radius 1 is 1.05 bits per heavy atom. The van der Waals surface area contributed by atoms with Crippen molar-refractivity contribution >= 4 is 28.7 Å². The zero-order valence-electron chi connectivity index (χ0n) is 12.3. The number of nitrogens with zero attached hydrogens (tertiary/aromatic N) is 2. The molecule has 0 fully saturated rings. The van der Waals surface area contributed by atoms with E-state index in [2.05, 4.69) is 10.1 Å². The van der Waals surface area contributed by atoms with E-state index in [0.29, 0.717) is 16.4 Å². The lowest BCUT2D eigenvalue weighted by Gasteiger charge is -2.08. The summed E-state index contributed by atoms with van der Waals surface area (Å²) in [5.74, 6) is 0. The second-order valence-electron chi connectivity index (χ2n) is 4.89. The molecule has 0 aliphatic carbocycles. The maximum absolute atomic E-state index is 9.36. The molecule has 2 rings (SSSR count). The van der Waals surface area contributed by atoms with Crippen molar-refractivity contribution in [1.29, 1.82) is 0 Å². The predicted molar refractivity (Wildman–Crippen MR) is 88.5 cm³/mol. The van der Waals surface area contributed by atoms with Crippen molar-refractivity contribution in [3.8, 4) is 0 Å². The monoisotopic (exact) mass is 300 g/mol. The molecule has 0 aliphatic heterocycles. The number of hydrogen-bond donors (Lipinski definition) is 1. The van der Waals surface area contributed by atoms with Crippen LogP contribution in [0.3, 0.4) is 0 Å². The van der Waals surface area contributed by atoms with Crippen LogP contribution in [-0.2, 0) is 0 Å². The molecule has 0 radical (unpaired) electrons. The third-order valence-electron chi connectivity index (χ3n) is 3.30. The summed E-state index contributed by atoms with van der Waals surface area (Å²) in [5, 5.41) is 13.4. The summed E-state index contributed by atoms with van der Waals surface area (Å²) in [4.78, 5) is 4.55. The van der Waals surface area contributed by atoms with Gasteiger partial charge >= 0.3 is 0 Å². The summed E-state index contributed by atoms with van der Waals surface area (Å²) in [5.41, 5.74) is 4.78. The Kier molecular flexibility index (Phi) is 4.76. The SMILES string of the molecule is CC(=Nc1cc(Cl)ccc1C)/C(=N\O)c1ccccc1C. The summed E-state index contributed by atoms with van der Waals surface area (Å²) >= 11 is 6.01. The highest BCUT2D eigenvalue weighted by Gasteiger charge is 2.11. The molecule has 0 bridgehead atoms. The molecule has 2 aromatic rings. The van der Waals surface area contributed by atoms with Crippen molar-refractivity contribution in [3.63, 3.8) is 0 Å². The van der Waals surface area contributed by atoms with Gasteiger partial charge in [-0.05, 0) is 44.0 Å². The van der Waals surface area contributed by atoms with Crippen molar-refractivity contribution in [2.75, 3.05) is 0 Å². The average molecular weight is 301 g/mol. The van der Waals surface area contributed by atoms with Crippen LogP contribution in [0, 0.1) is 13.8 Å². The van der Waals surface area contributed by atoms with Gasteiger partial charge < -0.3 is 5.21 Å². The second kappa shape index (κ2) is 6.55. The van der Waals surface area contributed by atoms with Crippen LogP contribution in [0.4, 0.5) is 5.69 Å². The number of aliphatic imine (C=N–C) groups is 1. The molecular formula is C17H17ClN2O. The van der Waals surface area contributed by atoms with E-state index in [4.69, 9.17) is 11.6 Å². The topological polar surface area (TPSA) is 45.0 Å². The molecule has 3 nitrogen and oxygen atoms in total. The third kappa shape index (κ3) is 3.50. The Morgan fingerprint density at radius 3 is 2.43 bits per heavy atom. The molecule has 108 valence electrons. The van der Waals surface area contributed by atoms with Crippen LogP contribution in [0.1, 0.15) is 23.6 Å².